The van der Waals surface area contributed by atoms with Crippen LogP contribution in [0.3, 0.4) is 0 Å². The van der Waals surface area contributed by atoms with Gasteiger partial charge in [0.25, 0.3) is 0 Å². The van der Waals surface area contributed by atoms with Gasteiger partial charge in [-0.1, -0.05) is 11.6 Å². The second-order valence-corrected chi connectivity index (χ2v) is 8.26. The van der Waals surface area contributed by atoms with Crippen molar-refractivity contribution in [3.05, 3.63) is 35.0 Å². The van der Waals surface area contributed by atoms with Gasteiger partial charge in [-0.05, 0) is 37.6 Å². The van der Waals surface area contributed by atoms with Crippen LogP contribution in [0.15, 0.2) is 24.3 Å². The van der Waals surface area contributed by atoms with Crippen molar-refractivity contribution >= 4 is 27.3 Å². The largest absolute Gasteiger partial charge is 0.349 e. The van der Waals surface area contributed by atoms with Gasteiger partial charge < -0.3 is 4.90 Å². The number of rotatable bonds is 4. The molecule has 1 fully saturated rings. The Bertz CT molecular complexity index is 886. The second kappa shape index (κ2) is 6.42. The lowest BCUT2D eigenvalue weighted by Gasteiger charge is -2.26. The molecule has 0 bridgehead atoms. The van der Waals surface area contributed by atoms with Crippen molar-refractivity contribution in [3.63, 3.8) is 0 Å². The molecule has 2 heterocycles. The SMILES string of the molecule is CCN(c1nn(-c2ccc(Cl)cc2)nc1C#N)C1CCS(=O)(=O)C1. The minimum atomic E-state index is -3.02. The van der Waals surface area contributed by atoms with Crippen LogP contribution in [0.25, 0.3) is 5.69 Å². The third-order valence-electron chi connectivity index (χ3n) is 4.02. The van der Waals surface area contributed by atoms with E-state index in [2.05, 4.69) is 10.2 Å². The first-order valence-electron chi connectivity index (χ1n) is 7.54. The van der Waals surface area contributed by atoms with Gasteiger partial charge in [0.2, 0.25) is 5.69 Å². The number of nitriles is 1. The molecular formula is C15H16ClN5O2S. The molecule has 0 radical (unpaired) electrons. The molecule has 126 valence electrons. The molecule has 2 aromatic rings. The van der Waals surface area contributed by atoms with E-state index in [0.717, 1.165) is 0 Å². The van der Waals surface area contributed by atoms with Crippen LogP contribution in [0.1, 0.15) is 19.0 Å². The third kappa shape index (κ3) is 3.23. The maximum atomic E-state index is 11.8. The van der Waals surface area contributed by atoms with Gasteiger partial charge in [0.1, 0.15) is 6.07 Å². The van der Waals surface area contributed by atoms with Crippen molar-refractivity contribution < 1.29 is 8.42 Å². The van der Waals surface area contributed by atoms with Crippen LogP contribution in [0.4, 0.5) is 5.82 Å². The van der Waals surface area contributed by atoms with E-state index in [1.54, 1.807) is 24.3 Å². The molecule has 0 spiro atoms. The van der Waals surface area contributed by atoms with Gasteiger partial charge in [0, 0.05) is 17.6 Å². The lowest BCUT2D eigenvalue weighted by Crippen LogP contribution is -2.37. The van der Waals surface area contributed by atoms with E-state index in [1.807, 2.05) is 17.9 Å². The number of nitrogens with zero attached hydrogens (tertiary/aromatic N) is 5. The predicted molar refractivity (Wildman–Crippen MR) is 91.2 cm³/mol. The molecule has 0 aliphatic carbocycles. The summed E-state index contributed by atoms with van der Waals surface area (Å²) >= 11 is 5.88. The van der Waals surface area contributed by atoms with Crippen LogP contribution in [0, 0.1) is 11.3 Å². The Kier molecular flexibility index (Phi) is 4.47. The Morgan fingerprint density at radius 3 is 2.62 bits per heavy atom. The number of anilines is 1. The van der Waals surface area contributed by atoms with E-state index in [9.17, 15) is 13.7 Å². The van der Waals surface area contributed by atoms with E-state index in [1.165, 1.54) is 4.80 Å². The summed E-state index contributed by atoms with van der Waals surface area (Å²) in [6.07, 6.45) is 0.537. The molecule has 1 unspecified atom stereocenters. The predicted octanol–water partition coefficient (Wildman–Crippen LogP) is 1.81. The normalized spacial score (nSPS) is 19.1. The zero-order valence-electron chi connectivity index (χ0n) is 13.1. The summed E-state index contributed by atoms with van der Waals surface area (Å²) in [7, 11) is -3.02. The Labute approximate surface area is 145 Å². The summed E-state index contributed by atoms with van der Waals surface area (Å²) < 4.78 is 23.5. The standard InChI is InChI=1S/C15H16ClN5O2S/c1-2-20(13-7-8-24(22,23)10-13)15-14(9-17)18-21(19-15)12-5-3-11(16)4-6-12/h3-6,13H,2,7-8,10H2,1H3. The topological polar surface area (TPSA) is 91.9 Å². The monoisotopic (exact) mass is 365 g/mol. The fourth-order valence-electron chi connectivity index (χ4n) is 2.86. The molecule has 1 atom stereocenters. The molecule has 0 amide bonds. The lowest BCUT2D eigenvalue weighted by atomic mass is 10.2. The summed E-state index contributed by atoms with van der Waals surface area (Å²) in [4.78, 5) is 3.22. The van der Waals surface area contributed by atoms with E-state index >= 15 is 0 Å². The number of hydrogen-bond donors (Lipinski definition) is 0. The number of hydrogen-bond acceptors (Lipinski definition) is 6. The number of sulfone groups is 1. The summed E-state index contributed by atoms with van der Waals surface area (Å²) in [5.41, 5.74) is 0.855. The lowest BCUT2D eigenvalue weighted by molar-refractivity contribution is 0.599. The number of aromatic nitrogens is 3. The van der Waals surface area contributed by atoms with Crippen LogP contribution in [0.5, 0.6) is 0 Å². The Morgan fingerprint density at radius 2 is 2.08 bits per heavy atom. The Morgan fingerprint density at radius 1 is 1.38 bits per heavy atom. The Balaban J connectivity index is 1.97. The molecule has 1 aromatic heterocycles. The molecule has 3 rings (SSSR count). The highest BCUT2D eigenvalue weighted by atomic mass is 35.5. The third-order valence-corrected chi connectivity index (χ3v) is 6.02. The number of benzene rings is 1. The van der Waals surface area contributed by atoms with Gasteiger partial charge in [-0.2, -0.15) is 5.26 Å². The zero-order valence-corrected chi connectivity index (χ0v) is 14.6. The molecule has 1 aromatic carbocycles. The van der Waals surface area contributed by atoms with Gasteiger partial charge in [-0.3, -0.25) is 0 Å². The van der Waals surface area contributed by atoms with Crippen LogP contribution in [-0.2, 0) is 9.84 Å². The molecule has 0 saturated carbocycles. The maximum absolute atomic E-state index is 11.8. The highest BCUT2D eigenvalue weighted by molar-refractivity contribution is 7.91. The van der Waals surface area contributed by atoms with Crippen LogP contribution in [-0.4, -0.2) is 47.5 Å². The second-order valence-electron chi connectivity index (χ2n) is 5.59. The van der Waals surface area contributed by atoms with Gasteiger partial charge in [0.15, 0.2) is 15.7 Å². The molecule has 0 N–H and O–H groups in total. The highest BCUT2D eigenvalue weighted by Gasteiger charge is 2.34. The van der Waals surface area contributed by atoms with Crippen molar-refractivity contribution in [2.24, 2.45) is 0 Å². The maximum Gasteiger partial charge on any atom is 0.207 e. The van der Waals surface area contributed by atoms with Crippen LogP contribution >= 0.6 is 11.6 Å². The molecule has 1 saturated heterocycles. The van der Waals surface area contributed by atoms with E-state index in [4.69, 9.17) is 11.6 Å². The van der Waals surface area contributed by atoms with Crippen molar-refractivity contribution in [1.29, 1.82) is 5.26 Å². The summed E-state index contributed by atoms with van der Waals surface area (Å²) in [6, 6.07) is 8.80. The van der Waals surface area contributed by atoms with Gasteiger partial charge in [-0.15, -0.1) is 15.0 Å². The molecular weight excluding hydrogens is 350 g/mol. The summed E-state index contributed by atoms with van der Waals surface area (Å²) in [5, 5.41) is 18.6. The average Bonchev–Trinajstić information content (AvgIpc) is 3.13. The molecule has 9 heteroatoms. The van der Waals surface area contributed by atoms with Gasteiger partial charge in [0.05, 0.1) is 17.2 Å². The van der Waals surface area contributed by atoms with Crippen molar-refractivity contribution in [2.75, 3.05) is 23.0 Å². The first kappa shape index (κ1) is 16.7. The summed E-state index contributed by atoms with van der Waals surface area (Å²) in [6.45, 7) is 2.46. The minimum Gasteiger partial charge on any atom is -0.349 e. The van der Waals surface area contributed by atoms with Crippen molar-refractivity contribution in [3.8, 4) is 11.8 Å². The zero-order chi connectivity index (χ0) is 17.3. The number of halogens is 1. The molecule has 24 heavy (non-hydrogen) atoms. The average molecular weight is 366 g/mol. The van der Waals surface area contributed by atoms with Gasteiger partial charge >= 0.3 is 0 Å². The van der Waals surface area contributed by atoms with Crippen molar-refractivity contribution in [1.82, 2.24) is 15.0 Å². The fraction of sp³-hybridized carbons (Fsp3) is 0.400. The first-order valence-corrected chi connectivity index (χ1v) is 9.74. The van der Waals surface area contributed by atoms with E-state index in [-0.39, 0.29) is 23.2 Å². The van der Waals surface area contributed by atoms with E-state index in [0.29, 0.717) is 29.5 Å². The quantitative estimate of drug-likeness (QED) is 0.820. The fourth-order valence-corrected chi connectivity index (χ4v) is 4.71. The highest BCUT2D eigenvalue weighted by Crippen LogP contribution is 2.25. The van der Waals surface area contributed by atoms with Gasteiger partial charge in [-0.25, -0.2) is 8.42 Å². The summed E-state index contributed by atoms with van der Waals surface area (Å²) in [5.74, 6) is 0.665. The Hall–Kier alpha value is -2.11. The van der Waals surface area contributed by atoms with E-state index < -0.39 is 9.84 Å². The molecule has 1 aliphatic heterocycles. The van der Waals surface area contributed by atoms with Crippen molar-refractivity contribution in [2.45, 2.75) is 19.4 Å². The molecule has 7 nitrogen and oxygen atoms in total. The van der Waals surface area contributed by atoms with Crippen LogP contribution < -0.4 is 4.90 Å². The first-order chi connectivity index (χ1) is 11.4. The minimum absolute atomic E-state index is 0.0829. The van der Waals surface area contributed by atoms with Crippen LogP contribution in [0.2, 0.25) is 5.02 Å². The molecule has 1 aliphatic rings. The smallest absolute Gasteiger partial charge is 0.207 e.